The molecule has 4 unspecified atom stereocenters. The van der Waals surface area contributed by atoms with Gasteiger partial charge in [0.2, 0.25) is 0 Å². The molecule has 4 atom stereocenters. The molecule has 3 aliphatic carbocycles. The van der Waals surface area contributed by atoms with Crippen LogP contribution in [0.3, 0.4) is 0 Å². The predicted octanol–water partition coefficient (Wildman–Crippen LogP) is 5.78. The third-order valence-corrected chi connectivity index (χ3v) is 8.93. The smallest absolute Gasteiger partial charge is 0.0486 e. The quantitative estimate of drug-likeness (QED) is 0.488. The number of pyridine rings is 1. The van der Waals surface area contributed by atoms with Crippen molar-refractivity contribution in [2.75, 3.05) is 6.54 Å². The lowest BCUT2D eigenvalue weighted by Crippen LogP contribution is -2.38. The zero-order chi connectivity index (χ0) is 22.2. The van der Waals surface area contributed by atoms with E-state index < -0.39 is 0 Å². The highest BCUT2D eigenvalue weighted by molar-refractivity contribution is 5.85. The molecule has 4 nitrogen and oxygen atoms in total. The highest BCUT2D eigenvalue weighted by Gasteiger charge is 2.41. The number of hydrogen-bond acceptors (Lipinski definition) is 3. The molecule has 0 amide bonds. The fourth-order valence-electron chi connectivity index (χ4n) is 7.17. The lowest BCUT2D eigenvalue weighted by molar-refractivity contribution is 0.336. The van der Waals surface area contributed by atoms with Crippen LogP contribution in [0.4, 0.5) is 0 Å². The minimum Gasteiger partial charge on any atom is -0.344 e. The average Bonchev–Trinajstić information content (AvgIpc) is 3.58. The van der Waals surface area contributed by atoms with Crippen molar-refractivity contribution in [3.8, 4) is 0 Å². The summed E-state index contributed by atoms with van der Waals surface area (Å²) >= 11 is 0. The van der Waals surface area contributed by atoms with Gasteiger partial charge in [-0.3, -0.25) is 4.98 Å². The van der Waals surface area contributed by atoms with E-state index in [1.54, 1.807) is 0 Å². The van der Waals surface area contributed by atoms with Crippen molar-refractivity contribution in [3.63, 3.8) is 0 Å². The molecule has 2 bridgehead atoms. The summed E-state index contributed by atoms with van der Waals surface area (Å²) in [5.41, 5.74) is 10.4. The van der Waals surface area contributed by atoms with Crippen LogP contribution in [-0.2, 0) is 0 Å². The largest absolute Gasteiger partial charge is 0.344 e. The second-order valence-corrected chi connectivity index (χ2v) is 10.9. The van der Waals surface area contributed by atoms with Gasteiger partial charge in [0.25, 0.3) is 0 Å². The molecule has 1 aromatic carbocycles. The first-order chi connectivity index (χ1) is 16.3. The van der Waals surface area contributed by atoms with Gasteiger partial charge in [-0.05, 0) is 93.0 Å². The van der Waals surface area contributed by atoms with Crippen molar-refractivity contribution in [2.24, 2.45) is 17.6 Å². The Hall–Kier alpha value is -2.17. The Morgan fingerprint density at radius 2 is 1.88 bits per heavy atom. The van der Waals surface area contributed by atoms with E-state index in [-0.39, 0.29) is 0 Å². The second-order valence-electron chi connectivity index (χ2n) is 10.9. The fourth-order valence-corrected chi connectivity index (χ4v) is 7.17. The van der Waals surface area contributed by atoms with Gasteiger partial charge in [-0.15, -0.1) is 0 Å². The molecule has 174 valence electrons. The van der Waals surface area contributed by atoms with Crippen molar-refractivity contribution in [1.29, 1.82) is 0 Å². The Kier molecular flexibility index (Phi) is 5.98. The van der Waals surface area contributed by atoms with Crippen LogP contribution in [-0.4, -0.2) is 28.2 Å². The molecule has 0 aliphatic heterocycles. The number of nitrogens with zero attached hydrogens (tertiary/aromatic N) is 2. The summed E-state index contributed by atoms with van der Waals surface area (Å²) in [5, 5.41) is 5.29. The number of hydrogen-bond donors (Lipinski definition) is 2. The zero-order valence-corrected chi connectivity index (χ0v) is 19.7. The summed E-state index contributed by atoms with van der Waals surface area (Å²) in [6, 6.07) is 15.2. The summed E-state index contributed by atoms with van der Waals surface area (Å²) in [4.78, 5) is 4.49. The van der Waals surface area contributed by atoms with Crippen molar-refractivity contribution in [2.45, 2.75) is 81.8 Å². The Bertz CT molecular complexity index is 1070. The van der Waals surface area contributed by atoms with Crippen molar-refractivity contribution in [1.82, 2.24) is 14.9 Å². The normalized spacial score (nSPS) is 30.2. The van der Waals surface area contributed by atoms with E-state index in [1.807, 2.05) is 6.20 Å². The second kappa shape index (κ2) is 9.23. The molecule has 3 aromatic rings. The molecule has 6 rings (SSSR count). The average molecular weight is 443 g/mol. The zero-order valence-electron chi connectivity index (χ0n) is 19.7. The number of para-hydroxylation sites is 1. The standard InChI is InChI=1S/C29H38N4/c30-23-9-11-24(12-10-23)32-15-13-25(22-4-3-14-31-18-22)27-19-33(28-6-2-1-5-26(27)28)29-17-20-7-8-21(29)16-20/h1-6,14,18-21,23-25,29,32H,7-13,15-17,30H2. The highest BCUT2D eigenvalue weighted by Crippen LogP contribution is 2.52. The summed E-state index contributed by atoms with van der Waals surface area (Å²) in [6.45, 7) is 1.03. The number of nitrogens with two attached hydrogens (primary N) is 1. The maximum absolute atomic E-state index is 6.12. The molecule has 2 aromatic heterocycles. The number of rotatable bonds is 7. The van der Waals surface area contributed by atoms with E-state index in [0.717, 1.165) is 37.6 Å². The van der Waals surface area contributed by atoms with Gasteiger partial charge >= 0.3 is 0 Å². The van der Waals surface area contributed by atoms with Crippen LogP contribution in [0.1, 0.15) is 80.9 Å². The third kappa shape index (κ3) is 4.24. The van der Waals surface area contributed by atoms with Gasteiger partial charge in [0.15, 0.2) is 0 Å². The monoisotopic (exact) mass is 442 g/mol. The lowest BCUT2D eigenvalue weighted by atomic mass is 9.88. The predicted molar refractivity (Wildman–Crippen MR) is 135 cm³/mol. The van der Waals surface area contributed by atoms with Crippen molar-refractivity contribution < 1.29 is 0 Å². The molecule has 33 heavy (non-hydrogen) atoms. The number of nitrogens with one attached hydrogen (secondary N) is 1. The summed E-state index contributed by atoms with van der Waals surface area (Å²) < 4.78 is 2.66. The first-order valence-corrected chi connectivity index (χ1v) is 13.2. The van der Waals surface area contributed by atoms with Gasteiger partial charge in [0, 0.05) is 53.5 Å². The van der Waals surface area contributed by atoms with E-state index in [4.69, 9.17) is 5.73 Å². The summed E-state index contributed by atoms with van der Waals surface area (Å²) in [6.07, 6.45) is 18.0. The summed E-state index contributed by atoms with van der Waals surface area (Å²) in [5.74, 6) is 2.18. The maximum atomic E-state index is 6.12. The van der Waals surface area contributed by atoms with Gasteiger partial charge in [0.1, 0.15) is 0 Å². The number of fused-ring (bicyclic) bond motifs is 3. The molecule has 3 fully saturated rings. The van der Waals surface area contributed by atoms with Gasteiger partial charge in [-0.1, -0.05) is 30.7 Å². The molecule has 3 aliphatic rings. The van der Waals surface area contributed by atoms with E-state index in [9.17, 15) is 0 Å². The first-order valence-electron chi connectivity index (χ1n) is 13.2. The molecule has 3 saturated carbocycles. The van der Waals surface area contributed by atoms with Crippen LogP contribution < -0.4 is 11.1 Å². The minimum absolute atomic E-state index is 0.363. The Labute approximate surface area is 198 Å². The molecular formula is C29H38N4. The van der Waals surface area contributed by atoms with Crippen LogP contribution in [0.15, 0.2) is 55.0 Å². The van der Waals surface area contributed by atoms with Gasteiger partial charge in [-0.2, -0.15) is 0 Å². The fraction of sp³-hybridized carbons (Fsp3) is 0.552. The van der Waals surface area contributed by atoms with Gasteiger partial charge in [-0.25, -0.2) is 0 Å². The van der Waals surface area contributed by atoms with E-state index in [2.05, 4.69) is 63.7 Å². The van der Waals surface area contributed by atoms with E-state index in [0.29, 0.717) is 24.0 Å². The topological polar surface area (TPSA) is 55.9 Å². The van der Waals surface area contributed by atoms with Crippen LogP contribution >= 0.6 is 0 Å². The number of benzene rings is 1. The van der Waals surface area contributed by atoms with Crippen molar-refractivity contribution in [3.05, 3.63) is 66.1 Å². The van der Waals surface area contributed by atoms with Gasteiger partial charge in [0.05, 0.1) is 0 Å². The van der Waals surface area contributed by atoms with Crippen LogP contribution in [0.5, 0.6) is 0 Å². The van der Waals surface area contributed by atoms with E-state index >= 15 is 0 Å². The third-order valence-electron chi connectivity index (χ3n) is 8.93. The first kappa shape index (κ1) is 21.4. The van der Waals surface area contributed by atoms with Crippen molar-refractivity contribution >= 4 is 10.9 Å². The molecule has 0 saturated heterocycles. The van der Waals surface area contributed by atoms with E-state index in [1.165, 1.54) is 60.6 Å². The van der Waals surface area contributed by atoms with Gasteiger partial charge < -0.3 is 15.6 Å². The SMILES string of the molecule is NC1CCC(NCCC(c2cccnc2)c2cn(C3CC4CCC3C4)c3ccccc23)CC1. The minimum atomic E-state index is 0.363. The molecule has 3 N–H and O–H groups in total. The molecule has 0 radical (unpaired) electrons. The van der Waals surface area contributed by atoms with Crippen LogP contribution in [0.25, 0.3) is 10.9 Å². The molecule has 0 spiro atoms. The van der Waals surface area contributed by atoms with Crippen LogP contribution in [0, 0.1) is 11.8 Å². The molecule has 4 heteroatoms. The highest BCUT2D eigenvalue weighted by atomic mass is 15.0. The Balaban J connectivity index is 1.30. The molecular weight excluding hydrogens is 404 g/mol. The molecule has 2 heterocycles. The van der Waals surface area contributed by atoms with Crippen LogP contribution in [0.2, 0.25) is 0 Å². The Morgan fingerprint density at radius 1 is 1.00 bits per heavy atom. The lowest BCUT2D eigenvalue weighted by Gasteiger charge is -2.28. The number of aromatic nitrogens is 2. The summed E-state index contributed by atoms with van der Waals surface area (Å²) in [7, 11) is 0. The Morgan fingerprint density at radius 3 is 2.64 bits per heavy atom. The maximum Gasteiger partial charge on any atom is 0.0486 e.